The normalized spacial score (nSPS) is 12.9. The van der Waals surface area contributed by atoms with Gasteiger partial charge in [-0.05, 0) is 38.6 Å². The summed E-state index contributed by atoms with van der Waals surface area (Å²) < 4.78 is 26.2. The summed E-state index contributed by atoms with van der Waals surface area (Å²) in [6.07, 6.45) is 1.86. The van der Waals surface area contributed by atoms with E-state index in [-0.39, 0.29) is 16.5 Å². The van der Waals surface area contributed by atoms with Crippen LogP contribution in [0.2, 0.25) is 0 Å². The lowest BCUT2D eigenvalue weighted by Crippen LogP contribution is -2.23. The van der Waals surface area contributed by atoms with Crippen molar-refractivity contribution in [1.29, 1.82) is 0 Å². The summed E-state index contributed by atoms with van der Waals surface area (Å²) in [6, 6.07) is 4.13. The summed E-state index contributed by atoms with van der Waals surface area (Å²) in [5, 5.41) is 12.1. The van der Waals surface area contributed by atoms with Gasteiger partial charge in [0.25, 0.3) is 0 Å². The Bertz CT molecular complexity index is 584. The zero-order valence-corrected chi connectivity index (χ0v) is 12.6. The Morgan fingerprint density at radius 3 is 2.55 bits per heavy atom. The van der Waals surface area contributed by atoms with Crippen LogP contribution in [-0.4, -0.2) is 32.6 Å². The predicted molar refractivity (Wildman–Crippen MR) is 77.6 cm³/mol. The maximum atomic E-state index is 12.0. The maximum Gasteiger partial charge on any atom is 0.335 e. The average molecular weight is 300 g/mol. The zero-order chi connectivity index (χ0) is 15.3. The van der Waals surface area contributed by atoms with Crippen molar-refractivity contribution in [1.82, 2.24) is 4.72 Å². The van der Waals surface area contributed by atoms with Gasteiger partial charge in [0.05, 0.1) is 11.3 Å². The molecule has 0 bridgehead atoms. The van der Waals surface area contributed by atoms with Gasteiger partial charge in [0.15, 0.2) is 0 Å². The zero-order valence-electron chi connectivity index (χ0n) is 11.8. The van der Waals surface area contributed by atoms with Crippen LogP contribution in [0, 0.1) is 0 Å². The predicted octanol–water partition coefficient (Wildman–Crippen LogP) is 1.89. The lowest BCUT2D eigenvalue weighted by atomic mass is 10.1. The Morgan fingerprint density at radius 1 is 1.40 bits per heavy atom. The number of carboxylic acid groups (broad SMARTS) is 1. The molecule has 0 aliphatic carbocycles. The monoisotopic (exact) mass is 300 g/mol. The molecule has 0 aliphatic heterocycles. The molecule has 0 spiro atoms. The van der Waals surface area contributed by atoms with Crippen molar-refractivity contribution in [2.45, 2.75) is 37.6 Å². The number of hydrogen-bond acceptors (Lipinski definition) is 4. The van der Waals surface area contributed by atoms with Crippen LogP contribution in [0.15, 0.2) is 23.1 Å². The van der Waals surface area contributed by atoms with E-state index in [9.17, 15) is 13.2 Å². The van der Waals surface area contributed by atoms with Crippen LogP contribution >= 0.6 is 0 Å². The second-order valence-electron chi connectivity index (χ2n) is 4.56. The van der Waals surface area contributed by atoms with Crippen LogP contribution in [0.5, 0.6) is 0 Å². The van der Waals surface area contributed by atoms with Crippen LogP contribution in [0.3, 0.4) is 0 Å². The van der Waals surface area contributed by atoms with Gasteiger partial charge in [0.1, 0.15) is 4.90 Å². The third-order valence-corrected chi connectivity index (χ3v) is 4.36. The summed E-state index contributed by atoms with van der Waals surface area (Å²) in [5.74, 6) is -1.16. The van der Waals surface area contributed by atoms with E-state index in [0.29, 0.717) is 5.69 Å². The summed E-state index contributed by atoms with van der Waals surface area (Å²) in [5.41, 5.74) is 0.345. The highest BCUT2D eigenvalue weighted by atomic mass is 32.2. The Morgan fingerprint density at radius 2 is 2.05 bits per heavy atom. The quantitative estimate of drug-likeness (QED) is 0.714. The smallest absolute Gasteiger partial charge is 0.335 e. The lowest BCUT2D eigenvalue weighted by Gasteiger charge is -2.17. The van der Waals surface area contributed by atoms with Crippen molar-refractivity contribution in [3.63, 3.8) is 0 Å². The van der Waals surface area contributed by atoms with Gasteiger partial charge in [-0.1, -0.05) is 13.3 Å². The average Bonchev–Trinajstić information content (AvgIpc) is 2.39. The molecule has 1 atom stereocenters. The lowest BCUT2D eigenvalue weighted by molar-refractivity contribution is 0.0696. The van der Waals surface area contributed by atoms with Crippen LogP contribution in [-0.2, 0) is 10.0 Å². The van der Waals surface area contributed by atoms with Crippen molar-refractivity contribution in [3.8, 4) is 0 Å². The van der Waals surface area contributed by atoms with Gasteiger partial charge in [-0.2, -0.15) is 0 Å². The topological polar surface area (TPSA) is 95.5 Å². The molecule has 1 rings (SSSR count). The molecular weight excluding hydrogens is 280 g/mol. The second-order valence-corrected chi connectivity index (χ2v) is 6.41. The van der Waals surface area contributed by atoms with E-state index in [1.807, 2.05) is 13.8 Å². The molecule has 1 unspecified atom stereocenters. The van der Waals surface area contributed by atoms with Crippen LogP contribution in [0.25, 0.3) is 0 Å². The second kappa shape index (κ2) is 6.71. The molecule has 0 heterocycles. The number of anilines is 1. The van der Waals surface area contributed by atoms with E-state index in [1.54, 1.807) is 0 Å². The molecule has 0 aliphatic rings. The molecule has 0 fully saturated rings. The maximum absolute atomic E-state index is 12.0. The Balaban J connectivity index is 3.26. The van der Waals surface area contributed by atoms with Crippen molar-refractivity contribution in [3.05, 3.63) is 23.8 Å². The fourth-order valence-electron chi connectivity index (χ4n) is 1.88. The van der Waals surface area contributed by atoms with Crippen molar-refractivity contribution >= 4 is 21.7 Å². The highest BCUT2D eigenvalue weighted by molar-refractivity contribution is 7.89. The van der Waals surface area contributed by atoms with Gasteiger partial charge in [-0.3, -0.25) is 0 Å². The molecular formula is C13H20N2O4S. The molecule has 0 radical (unpaired) electrons. The van der Waals surface area contributed by atoms with Crippen LogP contribution in [0.1, 0.15) is 37.0 Å². The highest BCUT2D eigenvalue weighted by Gasteiger charge is 2.20. The number of carboxylic acids is 1. The molecule has 0 amide bonds. The minimum Gasteiger partial charge on any atom is -0.478 e. The van der Waals surface area contributed by atoms with E-state index >= 15 is 0 Å². The van der Waals surface area contributed by atoms with E-state index in [2.05, 4.69) is 10.0 Å². The first-order valence-electron chi connectivity index (χ1n) is 6.39. The van der Waals surface area contributed by atoms with Gasteiger partial charge in [0.2, 0.25) is 10.0 Å². The van der Waals surface area contributed by atoms with Gasteiger partial charge < -0.3 is 10.4 Å². The number of benzene rings is 1. The van der Waals surface area contributed by atoms with Crippen molar-refractivity contribution < 1.29 is 18.3 Å². The van der Waals surface area contributed by atoms with Gasteiger partial charge in [0, 0.05) is 6.04 Å². The molecule has 20 heavy (non-hydrogen) atoms. The SMILES string of the molecule is CCCC(C)Nc1ccc(C(=O)O)cc1S(=O)(=O)NC. The Hall–Kier alpha value is -1.60. The first-order chi connectivity index (χ1) is 9.31. The molecule has 1 aromatic carbocycles. The fraction of sp³-hybridized carbons (Fsp3) is 0.462. The number of rotatable bonds is 7. The summed E-state index contributed by atoms with van der Waals surface area (Å²) in [7, 11) is -2.43. The minimum absolute atomic E-state index is 0.0529. The summed E-state index contributed by atoms with van der Waals surface area (Å²) in [4.78, 5) is 10.9. The first kappa shape index (κ1) is 16.5. The number of aromatic carboxylic acids is 1. The first-order valence-corrected chi connectivity index (χ1v) is 7.87. The van der Waals surface area contributed by atoms with Gasteiger partial charge >= 0.3 is 5.97 Å². The number of nitrogens with one attached hydrogen (secondary N) is 2. The number of hydrogen-bond donors (Lipinski definition) is 3. The molecule has 6 nitrogen and oxygen atoms in total. The standard InChI is InChI=1S/C13H20N2O4S/c1-4-5-9(2)15-11-7-6-10(13(16)17)8-12(11)20(18,19)14-3/h6-9,14-15H,4-5H2,1-3H3,(H,16,17). The van der Waals surface area contributed by atoms with Gasteiger partial charge in [-0.25, -0.2) is 17.9 Å². The minimum atomic E-state index is -3.72. The summed E-state index contributed by atoms with van der Waals surface area (Å²) in [6.45, 7) is 3.99. The molecule has 1 aromatic rings. The molecule has 3 N–H and O–H groups in total. The molecule has 0 aromatic heterocycles. The van der Waals surface area contributed by atoms with E-state index < -0.39 is 16.0 Å². The Labute approximate surface area is 119 Å². The third-order valence-electron chi connectivity index (χ3n) is 2.91. The molecule has 112 valence electrons. The fourth-order valence-corrected chi connectivity index (χ4v) is 2.80. The van der Waals surface area contributed by atoms with Crippen molar-refractivity contribution in [2.24, 2.45) is 0 Å². The largest absolute Gasteiger partial charge is 0.478 e. The van der Waals surface area contributed by atoms with E-state index in [0.717, 1.165) is 18.9 Å². The van der Waals surface area contributed by atoms with Gasteiger partial charge in [-0.15, -0.1) is 0 Å². The number of carbonyl (C=O) groups is 1. The van der Waals surface area contributed by atoms with Crippen LogP contribution in [0.4, 0.5) is 5.69 Å². The molecule has 7 heteroatoms. The van der Waals surface area contributed by atoms with Crippen LogP contribution < -0.4 is 10.0 Å². The number of sulfonamides is 1. The van der Waals surface area contributed by atoms with E-state index in [4.69, 9.17) is 5.11 Å². The Kier molecular flexibility index (Phi) is 5.52. The molecule has 0 saturated carbocycles. The highest BCUT2D eigenvalue weighted by Crippen LogP contribution is 2.24. The summed E-state index contributed by atoms with van der Waals surface area (Å²) >= 11 is 0. The van der Waals surface area contributed by atoms with Crippen molar-refractivity contribution in [2.75, 3.05) is 12.4 Å². The third kappa shape index (κ3) is 3.94. The molecule has 0 saturated heterocycles. The van der Waals surface area contributed by atoms with E-state index in [1.165, 1.54) is 19.2 Å².